The molecule has 6 nitrogen and oxygen atoms in total. The van der Waals surface area contributed by atoms with Crippen LogP contribution in [0.15, 0.2) is 65.8 Å². The summed E-state index contributed by atoms with van der Waals surface area (Å²) in [6.45, 7) is 5.80. The summed E-state index contributed by atoms with van der Waals surface area (Å²) < 4.78 is 0. The Bertz CT molecular complexity index is 1210. The van der Waals surface area contributed by atoms with Crippen molar-refractivity contribution in [2.24, 2.45) is 0 Å². The summed E-state index contributed by atoms with van der Waals surface area (Å²) in [6.07, 6.45) is 2.35. The number of rotatable bonds is 9. The van der Waals surface area contributed by atoms with E-state index >= 15 is 0 Å². The van der Waals surface area contributed by atoms with E-state index in [0.717, 1.165) is 36.2 Å². The summed E-state index contributed by atoms with van der Waals surface area (Å²) in [7, 11) is 0. The fraction of sp³-hybridized carbons (Fsp3) is 0.357. The smallest absolute Gasteiger partial charge is 0.251 e. The van der Waals surface area contributed by atoms with E-state index in [-0.39, 0.29) is 11.7 Å². The molecule has 0 unspecified atom stereocenters. The SMILES string of the molecule is CCCNC(=O)c1cccc(CSc2nc(Cl)cc(N3CCC(C(C)=O)(c4ccccc4)CC3)n2)c1. The molecule has 1 aliphatic heterocycles. The summed E-state index contributed by atoms with van der Waals surface area (Å²) in [5, 5.41) is 3.89. The van der Waals surface area contributed by atoms with Gasteiger partial charge in [-0.25, -0.2) is 9.97 Å². The van der Waals surface area contributed by atoms with Gasteiger partial charge in [0.1, 0.15) is 16.8 Å². The highest BCUT2D eigenvalue weighted by Crippen LogP contribution is 2.38. The number of halogens is 1. The van der Waals surface area contributed by atoms with Crippen molar-refractivity contribution in [1.29, 1.82) is 0 Å². The largest absolute Gasteiger partial charge is 0.356 e. The number of benzene rings is 2. The van der Waals surface area contributed by atoms with Gasteiger partial charge in [0.05, 0.1) is 5.41 Å². The number of nitrogens with zero attached hydrogens (tertiary/aromatic N) is 3. The van der Waals surface area contributed by atoms with Crippen molar-refractivity contribution in [3.05, 3.63) is 82.5 Å². The number of hydrogen-bond acceptors (Lipinski definition) is 6. The van der Waals surface area contributed by atoms with Crippen LogP contribution < -0.4 is 10.2 Å². The Labute approximate surface area is 221 Å². The molecule has 4 rings (SSSR count). The van der Waals surface area contributed by atoms with Crippen LogP contribution in [0.25, 0.3) is 0 Å². The molecule has 2 aromatic carbocycles. The molecule has 1 aliphatic rings. The number of carbonyl (C=O) groups excluding carboxylic acids is 2. The summed E-state index contributed by atoms with van der Waals surface area (Å²) in [5.41, 5.74) is 2.29. The fourth-order valence-electron chi connectivity index (χ4n) is 4.62. The van der Waals surface area contributed by atoms with Gasteiger partial charge >= 0.3 is 0 Å². The molecule has 2 heterocycles. The predicted molar refractivity (Wildman–Crippen MR) is 146 cm³/mol. The first-order valence-electron chi connectivity index (χ1n) is 12.3. The number of piperidine rings is 1. The van der Waals surface area contributed by atoms with E-state index in [2.05, 4.69) is 27.3 Å². The Morgan fingerprint density at radius 2 is 1.81 bits per heavy atom. The first kappa shape index (κ1) is 26.2. The summed E-state index contributed by atoms with van der Waals surface area (Å²) >= 11 is 7.86. The van der Waals surface area contributed by atoms with Gasteiger partial charge in [-0.05, 0) is 49.4 Å². The number of anilines is 1. The third kappa shape index (κ3) is 6.08. The van der Waals surface area contributed by atoms with Crippen LogP contribution in [0.1, 0.15) is 54.6 Å². The summed E-state index contributed by atoms with van der Waals surface area (Å²) in [6, 6.07) is 19.5. The third-order valence-corrected chi connectivity index (χ3v) is 7.81. The number of hydrogen-bond donors (Lipinski definition) is 1. The van der Waals surface area contributed by atoms with Gasteiger partial charge in [0.25, 0.3) is 5.91 Å². The molecule has 1 aromatic heterocycles. The lowest BCUT2D eigenvalue weighted by molar-refractivity contribution is -0.123. The molecular formula is C28H31ClN4O2S. The van der Waals surface area contributed by atoms with Gasteiger partial charge in [-0.1, -0.05) is 72.8 Å². The van der Waals surface area contributed by atoms with Crippen molar-refractivity contribution < 1.29 is 9.59 Å². The molecule has 1 N–H and O–H groups in total. The van der Waals surface area contributed by atoms with Crippen LogP contribution in [0.2, 0.25) is 5.15 Å². The van der Waals surface area contributed by atoms with Crippen LogP contribution in [0.5, 0.6) is 0 Å². The van der Waals surface area contributed by atoms with Crippen LogP contribution >= 0.6 is 23.4 Å². The molecule has 1 amide bonds. The van der Waals surface area contributed by atoms with Crippen LogP contribution in [-0.4, -0.2) is 41.3 Å². The van der Waals surface area contributed by atoms with Crippen LogP contribution in [0.3, 0.4) is 0 Å². The average molecular weight is 523 g/mol. The average Bonchev–Trinajstić information content (AvgIpc) is 2.91. The second kappa shape index (κ2) is 11.9. The van der Waals surface area contributed by atoms with E-state index in [1.165, 1.54) is 11.8 Å². The number of ketones is 1. The second-order valence-corrected chi connectivity index (χ2v) is 10.4. The maximum absolute atomic E-state index is 12.7. The number of thioether (sulfide) groups is 1. The summed E-state index contributed by atoms with van der Waals surface area (Å²) in [4.78, 5) is 36.4. The Morgan fingerprint density at radius 1 is 1.06 bits per heavy atom. The topological polar surface area (TPSA) is 75.2 Å². The van der Waals surface area contributed by atoms with Crippen molar-refractivity contribution in [3.63, 3.8) is 0 Å². The van der Waals surface area contributed by atoms with E-state index in [1.54, 1.807) is 13.0 Å². The van der Waals surface area contributed by atoms with Crippen molar-refractivity contribution >= 4 is 40.9 Å². The minimum atomic E-state index is -0.458. The van der Waals surface area contributed by atoms with Crippen molar-refractivity contribution in [2.75, 3.05) is 24.5 Å². The lowest BCUT2D eigenvalue weighted by atomic mass is 9.70. The molecule has 0 spiro atoms. The van der Waals surface area contributed by atoms with Crippen LogP contribution in [0, 0.1) is 0 Å². The van der Waals surface area contributed by atoms with Gasteiger partial charge in [0, 0.05) is 37.0 Å². The third-order valence-electron chi connectivity index (χ3n) is 6.69. The second-order valence-electron chi connectivity index (χ2n) is 9.07. The Kier molecular flexibility index (Phi) is 8.64. The molecule has 36 heavy (non-hydrogen) atoms. The maximum Gasteiger partial charge on any atom is 0.251 e. The molecule has 0 saturated carbocycles. The van der Waals surface area contributed by atoms with Gasteiger partial charge in [-0.15, -0.1) is 0 Å². The molecular weight excluding hydrogens is 492 g/mol. The van der Waals surface area contributed by atoms with E-state index in [1.807, 2.05) is 49.4 Å². The molecule has 0 radical (unpaired) electrons. The van der Waals surface area contributed by atoms with E-state index in [4.69, 9.17) is 16.6 Å². The van der Waals surface area contributed by atoms with Crippen LogP contribution in [0.4, 0.5) is 5.82 Å². The predicted octanol–water partition coefficient (Wildman–Crippen LogP) is 5.69. The van der Waals surface area contributed by atoms with Gasteiger partial charge in [0.15, 0.2) is 5.16 Å². The number of aromatic nitrogens is 2. The maximum atomic E-state index is 12.7. The fourth-order valence-corrected chi connectivity index (χ4v) is 5.65. The molecule has 0 aliphatic carbocycles. The van der Waals surface area contributed by atoms with Crippen molar-refractivity contribution in [3.8, 4) is 0 Å². The van der Waals surface area contributed by atoms with Gasteiger partial charge < -0.3 is 10.2 Å². The molecule has 0 atom stereocenters. The van der Waals surface area contributed by atoms with E-state index < -0.39 is 5.41 Å². The van der Waals surface area contributed by atoms with Crippen molar-refractivity contribution in [1.82, 2.24) is 15.3 Å². The van der Waals surface area contributed by atoms with E-state index in [0.29, 0.717) is 41.3 Å². The normalized spacial score (nSPS) is 14.9. The highest BCUT2D eigenvalue weighted by molar-refractivity contribution is 7.98. The number of carbonyl (C=O) groups is 2. The molecule has 8 heteroatoms. The molecule has 3 aromatic rings. The lowest BCUT2D eigenvalue weighted by Crippen LogP contribution is -2.47. The standard InChI is InChI=1S/C28H31ClN4O2S/c1-3-14-30-26(35)22-9-7-8-21(17-22)19-36-27-31-24(29)18-25(32-27)33-15-12-28(13-16-33,20(2)34)23-10-5-4-6-11-23/h4-11,17-18H,3,12-16,19H2,1-2H3,(H,30,35). The Morgan fingerprint density at radius 3 is 2.50 bits per heavy atom. The molecule has 188 valence electrons. The van der Waals surface area contributed by atoms with Gasteiger partial charge in [-0.2, -0.15) is 0 Å². The lowest BCUT2D eigenvalue weighted by Gasteiger charge is -2.41. The quantitative estimate of drug-likeness (QED) is 0.221. The summed E-state index contributed by atoms with van der Waals surface area (Å²) in [5.74, 6) is 1.54. The monoisotopic (exact) mass is 522 g/mol. The van der Waals surface area contributed by atoms with Crippen molar-refractivity contribution in [2.45, 2.75) is 49.4 Å². The zero-order valence-corrected chi connectivity index (χ0v) is 22.2. The molecule has 0 bridgehead atoms. The van der Waals surface area contributed by atoms with Crippen LogP contribution in [-0.2, 0) is 16.0 Å². The molecule has 1 saturated heterocycles. The Hall–Kier alpha value is -2.90. The zero-order chi connectivity index (χ0) is 25.5. The van der Waals surface area contributed by atoms with Gasteiger partial charge in [0.2, 0.25) is 0 Å². The number of amides is 1. The molecule has 1 fully saturated rings. The highest BCUT2D eigenvalue weighted by Gasteiger charge is 2.40. The Balaban J connectivity index is 1.44. The first-order chi connectivity index (χ1) is 17.4. The van der Waals surface area contributed by atoms with Gasteiger partial charge in [-0.3, -0.25) is 9.59 Å². The minimum Gasteiger partial charge on any atom is -0.356 e. The van der Waals surface area contributed by atoms with E-state index in [9.17, 15) is 9.59 Å². The first-order valence-corrected chi connectivity index (χ1v) is 13.6. The number of Topliss-reactive ketones (excluding diaryl/α,β-unsaturated/α-hetero) is 1. The zero-order valence-electron chi connectivity index (χ0n) is 20.7. The highest BCUT2D eigenvalue weighted by atomic mass is 35.5. The number of nitrogens with one attached hydrogen (secondary N) is 1. The minimum absolute atomic E-state index is 0.0628.